The number of nitrogens with one attached hydrogen (secondary N) is 1. The third-order valence-electron chi connectivity index (χ3n) is 2.73. The first-order valence-electron chi connectivity index (χ1n) is 5.66. The van der Waals surface area contributed by atoms with Crippen LogP contribution < -0.4 is 11.1 Å². The summed E-state index contributed by atoms with van der Waals surface area (Å²) in [6.07, 6.45) is 4.13. The topological polar surface area (TPSA) is 102 Å². The molecule has 1 aliphatic rings. The van der Waals surface area contributed by atoms with Crippen molar-refractivity contribution in [2.24, 2.45) is 5.73 Å². The highest BCUT2D eigenvalue weighted by molar-refractivity contribution is 5.81. The number of aliphatic hydroxyl groups excluding tert-OH is 2. The summed E-state index contributed by atoms with van der Waals surface area (Å²) in [6, 6.07) is -0.480. The zero-order chi connectivity index (χ0) is 14.6. The van der Waals surface area contributed by atoms with Crippen molar-refractivity contribution in [2.45, 2.75) is 6.10 Å². The van der Waals surface area contributed by atoms with E-state index in [9.17, 15) is 9.90 Å². The molecule has 1 rings (SSSR count). The van der Waals surface area contributed by atoms with Gasteiger partial charge < -0.3 is 21.3 Å². The minimum atomic E-state index is -1.08. The zero-order valence-electron chi connectivity index (χ0n) is 10.8. The van der Waals surface area contributed by atoms with E-state index < -0.39 is 18.7 Å². The van der Waals surface area contributed by atoms with E-state index in [-0.39, 0.29) is 18.9 Å². The number of nitrogens with zero attached hydrogens (tertiary/aromatic N) is 2. The fourth-order valence-electron chi connectivity index (χ4n) is 1.75. The maximum absolute atomic E-state index is 12.2. The van der Waals surface area contributed by atoms with Crippen LogP contribution in [0.4, 0.5) is 4.79 Å². The van der Waals surface area contributed by atoms with E-state index in [0.29, 0.717) is 11.4 Å². The SMILES string of the molecule is C#CCN1C(=C)C(NC)=C(N)N(CC(O)CO)C1=O. The van der Waals surface area contributed by atoms with Gasteiger partial charge in [0.25, 0.3) is 0 Å². The van der Waals surface area contributed by atoms with Gasteiger partial charge in [-0.2, -0.15) is 0 Å². The Morgan fingerprint density at radius 2 is 2.21 bits per heavy atom. The molecule has 2 amide bonds. The molecule has 0 radical (unpaired) electrons. The number of rotatable bonds is 5. The smallest absolute Gasteiger partial charge is 0.331 e. The summed E-state index contributed by atoms with van der Waals surface area (Å²) in [6.45, 7) is 3.22. The molecule has 0 bridgehead atoms. The molecule has 0 fully saturated rings. The first-order chi connectivity index (χ1) is 8.97. The molecule has 19 heavy (non-hydrogen) atoms. The molecule has 7 heteroatoms. The number of aliphatic hydroxyl groups is 2. The van der Waals surface area contributed by atoms with E-state index in [1.807, 2.05) is 0 Å². The molecule has 1 unspecified atom stereocenters. The number of amides is 2. The number of likely N-dealkylation sites (N-methyl/N-ethyl adjacent to an activating group) is 1. The van der Waals surface area contributed by atoms with Crippen LogP contribution in [0.25, 0.3) is 0 Å². The molecule has 1 aliphatic heterocycles. The zero-order valence-corrected chi connectivity index (χ0v) is 10.8. The molecular formula is C12H18N4O3. The second-order valence-corrected chi connectivity index (χ2v) is 3.98. The van der Waals surface area contributed by atoms with Crippen molar-refractivity contribution in [1.82, 2.24) is 15.1 Å². The monoisotopic (exact) mass is 266 g/mol. The number of hydrogen-bond acceptors (Lipinski definition) is 5. The Morgan fingerprint density at radius 3 is 2.68 bits per heavy atom. The van der Waals surface area contributed by atoms with E-state index in [0.717, 1.165) is 4.90 Å². The van der Waals surface area contributed by atoms with E-state index in [2.05, 4.69) is 17.8 Å². The number of carbonyl (C=O) groups is 1. The molecule has 104 valence electrons. The number of carbonyl (C=O) groups excluding carboxylic acids is 1. The minimum Gasteiger partial charge on any atom is -0.394 e. The third-order valence-corrected chi connectivity index (χ3v) is 2.73. The van der Waals surface area contributed by atoms with Crippen molar-refractivity contribution in [3.63, 3.8) is 0 Å². The van der Waals surface area contributed by atoms with Gasteiger partial charge in [0.15, 0.2) is 0 Å². The average molecular weight is 266 g/mol. The average Bonchev–Trinajstić information content (AvgIpc) is 2.40. The molecule has 0 aromatic carbocycles. The van der Waals surface area contributed by atoms with Crippen molar-refractivity contribution in [1.29, 1.82) is 0 Å². The summed E-state index contributed by atoms with van der Waals surface area (Å²) in [5.74, 6) is 2.50. The van der Waals surface area contributed by atoms with E-state index in [1.54, 1.807) is 7.05 Å². The first-order valence-corrected chi connectivity index (χ1v) is 5.66. The second kappa shape index (κ2) is 6.13. The minimum absolute atomic E-state index is 0.0435. The Balaban J connectivity index is 3.14. The van der Waals surface area contributed by atoms with Gasteiger partial charge in [-0.25, -0.2) is 4.79 Å². The van der Waals surface area contributed by atoms with Gasteiger partial charge in [0.2, 0.25) is 0 Å². The molecule has 7 nitrogen and oxygen atoms in total. The van der Waals surface area contributed by atoms with Gasteiger partial charge in [-0.05, 0) is 0 Å². The van der Waals surface area contributed by atoms with Crippen molar-refractivity contribution < 1.29 is 15.0 Å². The predicted molar refractivity (Wildman–Crippen MR) is 70.1 cm³/mol. The van der Waals surface area contributed by atoms with E-state index >= 15 is 0 Å². The summed E-state index contributed by atoms with van der Waals surface area (Å²) in [5.41, 5.74) is 6.70. The second-order valence-electron chi connectivity index (χ2n) is 3.98. The van der Waals surface area contributed by atoms with E-state index in [1.165, 1.54) is 4.90 Å². The van der Waals surface area contributed by atoms with Crippen molar-refractivity contribution in [3.8, 4) is 12.3 Å². The third kappa shape index (κ3) is 2.81. The molecule has 0 aromatic heterocycles. The van der Waals surface area contributed by atoms with Crippen LogP contribution in [0.3, 0.4) is 0 Å². The predicted octanol–water partition coefficient (Wildman–Crippen LogP) is -1.43. The van der Waals surface area contributed by atoms with Gasteiger partial charge in [-0.3, -0.25) is 9.80 Å². The Hall–Kier alpha value is -2.17. The van der Waals surface area contributed by atoms with Crippen LogP contribution in [0.15, 0.2) is 23.8 Å². The molecular weight excluding hydrogens is 248 g/mol. The fourth-order valence-corrected chi connectivity index (χ4v) is 1.75. The Morgan fingerprint density at radius 1 is 1.58 bits per heavy atom. The summed E-state index contributed by atoms with van der Waals surface area (Å²) >= 11 is 0. The van der Waals surface area contributed by atoms with Crippen LogP contribution >= 0.6 is 0 Å². The molecule has 0 saturated carbocycles. The lowest BCUT2D eigenvalue weighted by molar-refractivity contribution is 0.0688. The van der Waals surface area contributed by atoms with Gasteiger partial charge in [0, 0.05) is 7.05 Å². The highest BCUT2D eigenvalue weighted by atomic mass is 16.3. The lowest BCUT2D eigenvalue weighted by Crippen LogP contribution is -2.53. The summed E-state index contributed by atoms with van der Waals surface area (Å²) in [4.78, 5) is 14.6. The van der Waals surface area contributed by atoms with Gasteiger partial charge in [-0.15, -0.1) is 6.42 Å². The molecule has 0 saturated heterocycles. The van der Waals surface area contributed by atoms with Crippen molar-refractivity contribution in [2.75, 3.05) is 26.7 Å². The highest BCUT2D eigenvalue weighted by Crippen LogP contribution is 2.23. The standard InChI is InChI=1S/C12H18N4O3/c1-4-5-15-8(2)10(14-3)11(13)16(12(15)19)6-9(18)7-17/h1,9,14,17-18H,2,5-7,13H2,3H3. The molecule has 0 spiro atoms. The van der Waals surface area contributed by atoms with Gasteiger partial charge in [-0.1, -0.05) is 12.5 Å². The lowest BCUT2D eigenvalue weighted by Gasteiger charge is -2.38. The van der Waals surface area contributed by atoms with Crippen LogP contribution in [0.2, 0.25) is 0 Å². The molecule has 1 atom stereocenters. The Bertz CT molecular complexity index is 452. The fraction of sp³-hybridized carbons (Fsp3) is 0.417. The Kier molecular flexibility index (Phi) is 4.80. The summed E-state index contributed by atoms with van der Waals surface area (Å²) < 4.78 is 0. The number of terminal acetylenes is 1. The van der Waals surface area contributed by atoms with Crippen molar-refractivity contribution in [3.05, 3.63) is 23.8 Å². The number of β-amino-alcohol motifs (C(OH)–C–C–N with tert-alkyl or cyclic N) is 1. The number of hydrogen-bond donors (Lipinski definition) is 4. The van der Waals surface area contributed by atoms with Gasteiger partial charge in [0.05, 0.1) is 37.2 Å². The molecule has 5 N–H and O–H groups in total. The maximum atomic E-state index is 12.2. The number of urea groups is 1. The molecule has 0 aliphatic carbocycles. The largest absolute Gasteiger partial charge is 0.394 e. The van der Waals surface area contributed by atoms with Gasteiger partial charge in [0.1, 0.15) is 5.82 Å². The Labute approximate surface area is 112 Å². The van der Waals surface area contributed by atoms with Crippen molar-refractivity contribution >= 4 is 6.03 Å². The summed E-state index contributed by atoms with van der Waals surface area (Å²) in [7, 11) is 1.64. The van der Waals surface area contributed by atoms with E-state index in [4.69, 9.17) is 17.3 Å². The lowest BCUT2D eigenvalue weighted by atomic mass is 10.2. The quantitative estimate of drug-likeness (QED) is 0.457. The highest BCUT2D eigenvalue weighted by Gasteiger charge is 2.34. The first kappa shape index (κ1) is 14.9. The van der Waals surface area contributed by atoms with Gasteiger partial charge >= 0.3 is 6.03 Å². The van der Waals surface area contributed by atoms with Crippen LogP contribution in [-0.4, -0.2) is 58.9 Å². The molecule has 1 heterocycles. The molecule has 0 aromatic rings. The number of nitrogens with two attached hydrogens (primary N) is 1. The van der Waals surface area contributed by atoms with Crippen LogP contribution in [0, 0.1) is 12.3 Å². The maximum Gasteiger partial charge on any atom is 0.331 e. The van der Waals surface area contributed by atoms with Crippen LogP contribution in [0.1, 0.15) is 0 Å². The summed E-state index contributed by atoms with van der Waals surface area (Å²) in [5, 5.41) is 21.2. The van der Waals surface area contributed by atoms with Crippen LogP contribution in [0.5, 0.6) is 0 Å². The normalized spacial score (nSPS) is 17.6. The van der Waals surface area contributed by atoms with Crippen LogP contribution in [-0.2, 0) is 0 Å².